The molecule has 1 aliphatic rings. The summed E-state index contributed by atoms with van der Waals surface area (Å²) < 4.78 is 51.3. The van der Waals surface area contributed by atoms with Gasteiger partial charge in [0.05, 0.1) is 23.1 Å². The normalized spacial score (nSPS) is 13.6. The molecule has 150 valence electrons. The number of carbonyl (C=O) groups is 1. The van der Waals surface area contributed by atoms with E-state index < -0.39 is 21.7 Å². The summed E-state index contributed by atoms with van der Waals surface area (Å²) in [5.41, 5.74) is 0.321. The fraction of sp³-hybridized carbons (Fsp3) is 0.278. The van der Waals surface area contributed by atoms with Gasteiger partial charge in [0.2, 0.25) is 15.9 Å². The molecule has 1 aliphatic heterocycles. The van der Waals surface area contributed by atoms with Gasteiger partial charge in [0.1, 0.15) is 5.82 Å². The zero-order chi connectivity index (χ0) is 20.1. The van der Waals surface area contributed by atoms with Gasteiger partial charge in [0.25, 0.3) is 0 Å². The molecular formula is C18H18ClFN2O5S. The van der Waals surface area contributed by atoms with Gasteiger partial charge in [-0.05, 0) is 30.3 Å². The molecule has 2 aromatic carbocycles. The van der Waals surface area contributed by atoms with Crippen LogP contribution in [-0.4, -0.2) is 34.1 Å². The van der Waals surface area contributed by atoms with E-state index in [4.69, 9.17) is 21.1 Å². The van der Waals surface area contributed by atoms with Gasteiger partial charge in [-0.2, -0.15) is 0 Å². The number of sulfonamides is 1. The van der Waals surface area contributed by atoms with Gasteiger partial charge in [-0.25, -0.2) is 17.5 Å². The van der Waals surface area contributed by atoms with Crippen LogP contribution in [0.3, 0.4) is 0 Å². The Kier molecular flexibility index (Phi) is 6.38. The molecule has 0 spiro atoms. The van der Waals surface area contributed by atoms with E-state index in [0.717, 1.165) is 6.07 Å². The first-order valence-corrected chi connectivity index (χ1v) is 10.4. The first-order chi connectivity index (χ1) is 13.3. The third kappa shape index (κ3) is 5.12. The third-order valence-corrected chi connectivity index (χ3v) is 5.63. The van der Waals surface area contributed by atoms with Crippen molar-refractivity contribution in [1.82, 2.24) is 4.72 Å². The zero-order valence-electron chi connectivity index (χ0n) is 14.7. The van der Waals surface area contributed by atoms with Crippen molar-refractivity contribution in [1.29, 1.82) is 0 Å². The van der Waals surface area contributed by atoms with Crippen molar-refractivity contribution in [3.8, 4) is 11.5 Å². The molecule has 1 heterocycles. The molecule has 0 aromatic heterocycles. The van der Waals surface area contributed by atoms with Crippen LogP contribution in [0.4, 0.5) is 10.1 Å². The molecule has 0 radical (unpaired) electrons. The van der Waals surface area contributed by atoms with E-state index in [1.165, 1.54) is 24.3 Å². The summed E-state index contributed by atoms with van der Waals surface area (Å²) in [6.07, 6.45) is 0.599. The van der Waals surface area contributed by atoms with Gasteiger partial charge >= 0.3 is 0 Å². The summed E-state index contributed by atoms with van der Waals surface area (Å²) in [4.78, 5) is 12.0. The van der Waals surface area contributed by atoms with E-state index in [1.54, 1.807) is 6.07 Å². The lowest BCUT2D eigenvalue weighted by Gasteiger charge is -2.11. The Morgan fingerprint density at radius 2 is 1.86 bits per heavy atom. The molecule has 28 heavy (non-hydrogen) atoms. The molecule has 2 aromatic rings. The Morgan fingerprint density at radius 1 is 1.11 bits per heavy atom. The van der Waals surface area contributed by atoms with E-state index >= 15 is 0 Å². The number of ether oxygens (including phenoxy) is 2. The van der Waals surface area contributed by atoms with Crippen molar-refractivity contribution in [2.24, 2.45) is 0 Å². The van der Waals surface area contributed by atoms with Crippen LogP contribution in [0.5, 0.6) is 11.5 Å². The Hall–Kier alpha value is -2.36. The predicted molar refractivity (Wildman–Crippen MR) is 102 cm³/mol. The molecular weight excluding hydrogens is 411 g/mol. The number of hydrogen-bond donors (Lipinski definition) is 2. The Bertz CT molecular complexity index is 984. The van der Waals surface area contributed by atoms with Crippen LogP contribution in [0.25, 0.3) is 0 Å². The highest BCUT2D eigenvalue weighted by Gasteiger charge is 2.19. The fourth-order valence-corrected chi connectivity index (χ4v) is 3.72. The van der Waals surface area contributed by atoms with Gasteiger partial charge in [0.15, 0.2) is 11.5 Å². The van der Waals surface area contributed by atoms with Crippen LogP contribution in [0.2, 0.25) is 5.02 Å². The second-order valence-corrected chi connectivity index (χ2v) is 8.16. The van der Waals surface area contributed by atoms with Gasteiger partial charge in [0, 0.05) is 31.1 Å². The van der Waals surface area contributed by atoms with Gasteiger partial charge in [-0.3, -0.25) is 4.79 Å². The molecule has 0 aliphatic carbocycles. The summed E-state index contributed by atoms with van der Waals surface area (Å²) in [7, 11) is -3.82. The van der Waals surface area contributed by atoms with Crippen LogP contribution in [0, 0.1) is 5.82 Å². The molecule has 10 heteroatoms. The van der Waals surface area contributed by atoms with Gasteiger partial charge in [-0.1, -0.05) is 11.6 Å². The van der Waals surface area contributed by atoms with E-state index in [1.807, 2.05) is 0 Å². The van der Waals surface area contributed by atoms with Crippen molar-refractivity contribution in [2.75, 3.05) is 25.1 Å². The monoisotopic (exact) mass is 428 g/mol. The minimum Gasteiger partial charge on any atom is -0.490 e. The predicted octanol–water partition coefficient (Wildman–Crippen LogP) is 2.95. The van der Waals surface area contributed by atoms with Crippen LogP contribution in [0.1, 0.15) is 12.8 Å². The lowest BCUT2D eigenvalue weighted by Crippen LogP contribution is -2.27. The molecule has 0 fully saturated rings. The van der Waals surface area contributed by atoms with E-state index in [9.17, 15) is 17.6 Å². The van der Waals surface area contributed by atoms with E-state index in [0.29, 0.717) is 36.8 Å². The zero-order valence-corrected chi connectivity index (χ0v) is 16.3. The smallest absolute Gasteiger partial charge is 0.240 e. The van der Waals surface area contributed by atoms with E-state index in [2.05, 4.69) is 10.0 Å². The van der Waals surface area contributed by atoms with Crippen LogP contribution in [-0.2, 0) is 14.8 Å². The van der Waals surface area contributed by atoms with Crippen molar-refractivity contribution in [2.45, 2.75) is 17.7 Å². The summed E-state index contributed by atoms with van der Waals surface area (Å²) >= 11 is 5.65. The second kappa shape index (κ2) is 8.76. The number of carbonyl (C=O) groups excluding carboxylic acids is 1. The maximum atomic E-state index is 13.1. The number of anilines is 1. The Morgan fingerprint density at radius 3 is 2.61 bits per heavy atom. The first-order valence-electron chi connectivity index (χ1n) is 8.49. The molecule has 0 saturated heterocycles. The number of benzene rings is 2. The number of fused-ring (bicyclic) bond motifs is 1. The number of rotatable bonds is 6. The van der Waals surface area contributed by atoms with E-state index in [-0.39, 0.29) is 22.9 Å². The minimum atomic E-state index is -3.82. The summed E-state index contributed by atoms with van der Waals surface area (Å²) in [5, 5.41) is 2.40. The number of halogens is 2. The Balaban J connectivity index is 1.56. The summed E-state index contributed by atoms with van der Waals surface area (Å²) in [5.74, 6) is -0.174. The molecule has 2 N–H and O–H groups in total. The van der Waals surface area contributed by atoms with Crippen molar-refractivity contribution >= 4 is 33.2 Å². The van der Waals surface area contributed by atoms with Crippen LogP contribution in [0.15, 0.2) is 41.3 Å². The highest BCUT2D eigenvalue weighted by Crippen LogP contribution is 2.31. The molecule has 0 atom stereocenters. The average molecular weight is 429 g/mol. The lowest BCUT2D eigenvalue weighted by molar-refractivity contribution is -0.116. The fourth-order valence-electron chi connectivity index (χ4n) is 2.49. The summed E-state index contributed by atoms with van der Waals surface area (Å²) in [6.45, 7) is 0.834. The SMILES string of the molecule is O=C(CCNS(=O)(=O)c1ccc2c(c1)OCCCO2)Nc1ccc(F)c(Cl)c1. The van der Waals surface area contributed by atoms with Gasteiger partial charge in [-0.15, -0.1) is 0 Å². The van der Waals surface area contributed by atoms with Crippen molar-refractivity contribution in [3.63, 3.8) is 0 Å². The molecule has 1 amide bonds. The molecule has 0 unspecified atom stereocenters. The second-order valence-electron chi connectivity index (χ2n) is 5.98. The highest BCUT2D eigenvalue weighted by molar-refractivity contribution is 7.89. The van der Waals surface area contributed by atoms with Gasteiger partial charge < -0.3 is 14.8 Å². The third-order valence-electron chi connectivity index (χ3n) is 3.88. The van der Waals surface area contributed by atoms with Crippen molar-refractivity contribution in [3.05, 3.63) is 47.2 Å². The standard InChI is InChI=1S/C18H18ClFN2O5S/c19-14-10-12(2-4-15(14)20)22-18(23)6-7-21-28(24,25)13-3-5-16-17(11-13)27-9-1-8-26-16/h2-5,10-11,21H,1,6-9H2,(H,22,23). The average Bonchev–Trinajstić information content (AvgIpc) is 2.89. The van der Waals surface area contributed by atoms with Crippen LogP contribution < -0.4 is 19.5 Å². The molecule has 7 nitrogen and oxygen atoms in total. The maximum Gasteiger partial charge on any atom is 0.240 e. The number of nitrogens with one attached hydrogen (secondary N) is 2. The highest BCUT2D eigenvalue weighted by atomic mass is 35.5. The summed E-state index contributed by atoms with van der Waals surface area (Å²) in [6, 6.07) is 8.11. The lowest BCUT2D eigenvalue weighted by atomic mass is 10.3. The maximum absolute atomic E-state index is 13.1. The largest absolute Gasteiger partial charge is 0.490 e. The molecule has 0 bridgehead atoms. The number of amides is 1. The van der Waals surface area contributed by atoms with Crippen molar-refractivity contribution < 1.29 is 27.1 Å². The Labute approximate surface area is 166 Å². The first kappa shape index (κ1) is 20.4. The molecule has 3 rings (SSSR count). The minimum absolute atomic E-state index is 0.0162. The quantitative estimate of drug-likeness (QED) is 0.737. The molecule has 0 saturated carbocycles. The topological polar surface area (TPSA) is 93.7 Å². The number of hydrogen-bond acceptors (Lipinski definition) is 5. The van der Waals surface area contributed by atoms with Crippen LogP contribution >= 0.6 is 11.6 Å².